The summed E-state index contributed by atoms with van der Waals surface area (Å²) in [6, 6.07) is 0. The van der Waals surface area contributed by atoms with E-state index in [4.69, 9.17) is 12.2 Å². The molecule has 0 saturated carbocycles. The Hall–Kier alpha value is 0.730. The first-order valence-corrected chi connectivity index (χ1v) is 7.84. The number of aliphatic hydroxyl groups is 1. The summed E-state index contributed by atoms with van der Waals surface area (Å²) in [5.74, 6) is 0.975. The predicted molar refractivity (Wildman–Crippen MR) is 61.0 cm³/mol. The fourth-order valence-corrected chi connectivity index (χ4v) is 7.68. The maximum atomic E-state index is 11.6. The van der Waals surface area contributed by atoms with Crippen LogP contribution in [-0.2, 0) is 10.8 Å². The molecule has 1 aromatic rings. The van der Waals surface area contributed by atoms with Gasteiger partial charge in [0.15, 0.2) is 0 Å². The second kappa shape index (κ2) is 4.08. The summed E-state index contributed by atoms with van der Waals surface area (Å²) in [6.45, 7) is 0. The largest absolute Gasteiger partial charge is 0.391 e. The third kappa shape index (κ3) is 2.21. The van der Waals surface area contributed by atoms with E-state index in [9.17, 15) is 9.32 Å². The van der Waals surface area contributed by atoms with Crippen LogP contribution in [0.15, 0.2) is 8.42 Å². The van der Waals surface area contributed by atoms with Gasteiger partial charge in [0, 0.05) is 5.75 Å². The molecule has 2 heterocycles. The quantitative estimate of drug-likeness (QED) is 0.733. The number of rotatable bonds is 0. The molecule has 0 saturated heterocycles. The monoisotopic (exact) mass is 270 g/mol. The van der Waals surface area contributed by atoms with Gasteiger partial charge in [-0.2, -0.15) is 0 Å². The normalized spacial score (nSPS) is 28.1. The zero-order valence-electron chi connectivity index (χ0n) is 6.39. The average Bonchev–Trinajstić information content (AvgIpc) is 2.38. The van der Waals surface area contributed by atoms with Gasteiger partial charge in [0.1, 0.15) is 7.35 Å². The molecule has 1 aliphatic heterocycles. The lowest BCUT2D eigenvalue weighted by Crippen LogP contribution is -2.16. The van der Waals surface area contributed by atoms with Crippen LogP contribution in [0.4, 0.5) is 0 Å². The molecule has 0 aliphatic carbocycles. The zero-order chi connectivity index (χ0) is 9.42. The molecule has 2 atom stereocenters. The molecule has 0 bridgehead atoms. The first-order chi connectivity index (χ1) is 6.16. The third-order valence-corrected chi connectivity index (χ3v) is 7.84. The van der Waals surface area contributed by atoms with Crippen molar-refractivity contribution in [1.82, 2.24) is 0 Å². The van der Waals surface area contributed by atoms with E-state index in [1.54, 1.807) is 11.8 Å². The molecule has 0 fully saturated rings. The molecule has 0 unspecified atom stereocenters. The van der Waals surface area contributed by atoms with Crippen molar-refractivity contribution in [2.75, 3.05) is 11.5 Å². The molecule has 0 aromatic carbocycles. The molecule has 72 valence electrons. The number of hydrogen-bond acceptors (Lipinski definition) is 6. The van der Waals surface area contributed by atoms with Gasteiger partial charge >= 0.3 is 0 Å². The molecular formula is C6H6O2S5. The van der Waals surface area contributed by atoms with Crippen molar-refractivity contribution in [2.24, 2.45) is 0 Å². The van der Waals surface area contributed by atoms with Crippen molar-refractivity contribution in [3.05, 3.63) is 3.14 Å². The first-order valence-electron chi connectivity index (χ1n) is 3.50. The lowest BCUT2D eigenvalue weighted by atomic mass is 10.5. The molecule has 1 aliphatic rings. The SMILES string of the molecule is O=[S@]1C[C@H](O)CSc2sc(=S)sc21. The van der Waals surface area contributed by atoms with Crippen molar-refractivity contribution < 1.29 is 9.32 Å². The van der Waals surface area contributed by atoms with Crippen LogP contribution in [0.3, 0.4) is 0 Å². The third-order valence-electron chi connectivity index (χ3n) is 1.48. The smallest absolute Gasteiger partial charge is 0.145 e. The molecule has 1 N–H and O–H groups in total. The minimum Gasteiger partial charge on any atom is -0.391 e. The van der Waals surface area contributed by atoms with Crippen molar-refractivity contribution in [2.45, 2.75) is 14.5 Å². The van der Waals surface area contributed by atoms with Crippen LogP contribution >= 0.6 is 46.7 Å². The predicted octanol–water partition coefficient (Wildman–Crippen LogP) is 2.11. The van der Waals surface area contributed by atoms with E-state index in [2.05, 4.69) is 0 Å². The maximum Gasteiger partial charge on any atom is 0.145 e. The molecule has 7 heteroatoms. The Morgan fingerprint density at radius 2 is 2.31 bits per heavy atom. The highest BCUT2D eigenvalue weighted by Gasteiger charge is 2.22. The van der Waals surface area contributed by atoms with Crippen molar-refractivity contribution in [3.8, 4) is 0 Å². The van der Waals surface area contributed by atoms with Gasteiger partial charge in [-0.25, -0.2) is 0 Å². The van der Waals surface area contributed by atoms with Crippen LogP contribution in [0.2, 0.25) is 0 Å². The van der Waals surface area contributed by atoms with Gasteiger partial charge in [-0.1, -0.05) is 12.2 Å². The van der Waals surface area contributed by atoms with Gasteiger partial charge in [-0.05, 0) is 0 Å². The van der Waals surface area contributed by atoms with Gasteiger partial charge in [0.25, 0.3) is 0 Å². The summed E-state index contributed by atoms with van der Waals surface area (Å²) >= 11 is 9.51. The zero-order valence-corrected chi connectivity index (χ0v) is 10.5. The molecule has 2 nitrogen and oxygen atoms in total. The Kier molecular flexibility index (Phi) is 3.22. The summed E-state index contributed by atoms with van der Waals surface area (Å²) < 4.78 is 14.3. The van der Waals surface area contributed by atoms with Crippen molar-refractivity contribution in [1.29, 1.82) is 0 Å². The van der Waals surface area contributed by atoms with Gasteiger partial charge in [-0.15, -0.1) is 34.4 Å². The highest BCUT2D eigenvalue weighted by atomic mass is 32.2. The van der Waals surface area contributed by atoms with Gasteiger partial charge in [-0.3, -0.25) is 4.21 Å². The van der Waals surface area contributed by atoms with Gasteiger partial charge < -0.3 is 5.11 Å². The van der Waals surface area contributed by atoms with Crippen molar-refractivity contribution >= 4 is 57.5 Å². The second-order valence-corrected chi connectivity index (χ2v) is 8.71. The summed E-state index contributed by atoms with van der Waals surface area (Å²) in [7, 11) is -1.05. The average molecular weight is 270 g/mol. The molecule has 0 spiro atoms. The van der Waals surface area contributed by atoms with Crippen LogP contribution < -0.4 is 0 Å². The Labute approximate surface area is 95.5 Å². The van der Waals surface area contributed by atoms with Crippen LogP contribution in [-0.4, -0.2) is 26.9 Å². The van der Waals surface area contributed by atoms with Crippen molar-refractivity contribution in [3.63, 3.8) is 0 Å². The Bertz CT molecular complexity index is 392. The maximum absolute atomic E-state index is 11.6. The lowest BCUT2D eigenvalue weighted by molar-refractivity contribution is 0.224. The molecule has 0 amide bonds. The molecule has 13 heavy (non-hydrogen) atoms. The highest BCUT2D eigenvalue weighted by Crippen LogP contribution is 2.38. The topological polar surface area (TPSA) is 37.3 Å². The van der Waals surface area contributed by atoms with Crippen LogP contribution in [0.5, 0.6) is 0 Å². The number of thioether (sulfide) groups is 1. The fourth-order valence-electron chi connectivity index (χ4n) is 0.954. The first kappa shape index (κ1) is 10.3. The standard InChI is InChI=1S/C6H6O2S5/c7-3-1-10-4-5(13(8)2-3)12-6(9)11-4/h3,7H,1-2H2/t3-,13+/m1/s1. The van der Waals surface area contributed by atoms with Gasteiger partial charge in [0.05, 0.1) is 26.9 Å². The molecule has 1 aromatic heterocycles. The summed E-state index contributed by atoms with van der Waals surface area (Å²) in [6.07, 6.45) is -0.453. The van der Waals surface area contributed by atoms with E-state index in [0.29, 0.717) is 11.5 Å². The lowest BCUT2D eigenvalue weighted by Gasteiger charge is -2.01. The Morgan fingerprint density at radius 3 is 3.08 bits per heavy atom. The molecule has 0 radical (unpaired) electrons. The molecular weight excluding hydrogens is 264 g/mol. The highest BCUT2D eigenvalue weighted by molar-refractivity contribution is 8.02. The van der Waals surface area contributed by atoms with Crippen LogP contribution in [0.25, 0.3) is 0 Å². The van der Waals surface area contributed by atoms with E-state index >= 15 is 0 Å². The van der Waals surface area contributed by atoms with E-state index in [-0.39, 0.29) is 0 Å². The van der Waals surface area contributed by atoms with E-state index in [1.807, 2.05) is 0 Å². The fraction of sp³-hybridized carbons (Fsp3) is 0.500. The number of aliphatic hydroxyl groups excluding tert-OH is 1. The van der Waals surface area contributed by atoms with Crippen LogP contribution in [0, 0.1) is 3.14 Å². The number of fused-ring (bicyclic) bond motifs is 1. The van der Waals surface area contributed by atoms with Crippen LogP contribution in [0.1, 0.15) is 0 Å². The van der Waals surface area contributed by atoms with Gasteiger partial charge in [0.2, 0.25) is 0 Å². The minimum atomic E-state index is -1.05. The Balaban J connectivity index is 2.44. The Morgan fingerprint density at radius 1 is 1.54 bits per heavy atom. The second-order valence-electron chi connectivity index (χ2n) is 2.51. The number of hydrogen-bond donors (Lipinski definition) is 1. The molecule has 2 rings (SSSR count). The van der Waals surface area contributed by atoms with E-state index in [1.165, 1.54) is 22.7 Å². The summed E-state index contributed by atoms with van der Waals surface area (Å²) in [5.41, 5.74) is 0. The minimum absolute atomic E-state index is 0.349. The van der Waals surface area contributed by atoms with E-state index < -0.39 is 16.9 Å². The van der Waals surface area contributed by atoms with E-state index in [0.717, 1.165) is 11.6 Å². The summed E-state index contributed by atoms with van der Waals surface area (Å²) in [5, 5.41) is 9.39. The summed E-state index contributed by atoms with van der Waals surface area (Å²) in [4.78, 5) is 0.